The van der Waals surface area contributed by atoms with Crippen molar-refractivity contribution in [3.63, 3.8) is 0 Å². The first-order chi connectivity index (χ1) is 12.4. The number of nitrogen functional groups attached to an aromatic ring is 1. The van der Waals surface area contributed by atoms with E-state index in [0.717, 1.165) is 5.56 Å². The van der Waals surface area contributed by atoms with Gasteiger partial charge in [0.2, 0.25) is 6.79 Å². The smallest absolute Gasteiger partial charge is 0.341 e. The maximum Gasteiger partial charge on any atom is 0.341 e. The molecule has 0 aliphatic carbocycles. The van der Waals surface area contributed by atoms with Gasteiger partial charge in [-0.05, 0) is 42.8 Å². The average Bonchev–Trinajstić information content (AvgIpc) is 3.09. The fourth-order valence-electron chi connectivity index (χ4n) is 2.37. The SMILES string of the molecule is CC(OC(=O)c1cc(Br)ccc1N)C(=O)NCc1ccc2c(c1)OCO2. The Balaban J connectivity index is 1.56. The van der Waals surface area contributed by atoms with Gasteiger partial charge in [-0.3, -0.25) is 4.79 Å². The van der Waals surface area contributed by atoms with Gasteiger partial charge < -0.3 is 25.3 Å². The van der Waals surface area contributed by atoms with Crippen LogP contribution in [0.25, 0.3) is 0 Å². The van der Waals surface area contributed by atoms with Crippen LogP contribution in [0.1, 0.15) is 22.8 Å². The van der Waals surface area contributed by atoms with Crippen molar-refractivity contribution in [2.45, 2.75) is 19.6 Å². The summed E-state index contributed by atoms with van der Waals surface area (Å²) >= 11 is 3.27. The van der Waals surface area contributed by atoms with E-state index in [2.05, 4.69) is 21.2 Å². The summed E-state index contributed by atoms with van der Waals surface area (Å²) < 4.78 is 16.4. The maximum atomic E-state index is 12.2. The van der Waals surface area contributed by atoms with Crippen molar-refractivity contribution in [3.05, 3.63) is 52.0 Å². The topological polar surface area (TPSA) is 99.9 Å². The van der Waals surface area contributed by atoms with E-state index in [1.165, 1.54) is 6.92 Å². The molecule has 2 aromatic rings. The first kappa shape index (κ1) is 18.1. The number of carbonyl (C=O) groups is 2. The molecule has 1 aliphatic rings. The van der Waals surface area contributed by atoms with Gasteiger partial charge in [-0.25, -0.2) is 4.79 Å². The molecule has 1 aliphatic heterocycles. The van der Waals surface area contributed by atoms with E-state index in [0.29, 0.717) is 16.0 Å². The van der Waals surface area contributed by atoms with E-state index >= 15 is 0 Å². The molecule has 0 fully saturated rings. The lowest BCUT2D eigenvalue weighted by molar-refractivity contribution is -0.129. The van der Waals surface area contributed by atoms with Gasteiger partial charge in [-0.2, -0.15) is 0 Å². The lowest BCUT2D eigenvalue weighted by Crippen LogP contribution is -2.35. The van der Waals surface area contributed by atoms with Gasteiger partial charge in [0.15, 0.2) is 17.6 Å². The Hall–Kier alpha value is -2.74. The predicted octanol–water partition coefficient (Wildman–Crippen LogP) is 2.62. The summed E-state index contributed by atoms with van der Waals surface area (Å²) in [7, 11) is 0. The molecule has 1 amide bonds. The van der Waals surface area contributed by atoms with Crippen LogP contribution in [0.3, 0.4) is 0 Å². The molecular weight excluding hydrogens is 404 g/mol. The third-order valence-electron chi connectivity index (χ3n) is 3.79. The van der Waals surface area contributed by atoms with E-state index in [4.69, 9.17) is 19.9 Å². The summed E-state index contributed by atoms with van der Waals surface area (Å²) in [4.78, 5) is 24.4. The number of benzene rings is 2. The summed E-state index contributed by atoms with van der Waals surface area (Å²) in [5.74, 6) is 0.245. The molecule has 0 spiro atoms. The standard InChI is InChI=1S/C18H17BrN2O5/c1-10(26-18(23)13-7-12(19)3-4-14(13)20)17(22)21-8-11-2-5-15-16(6-11)25-9-24-15/h2-7,10H,8-9,20H2,1H3,(H,21,22). The Bertz CT molecular complexity index is 855. The van der Waals surface area contributed by atoms with Crippen LogP contribution in [0.2, 0.25) is 0 Å². The highest BCUT2D eigenvalue weighted by Gasteiger charge is 2.21. The highest BCUT2D eigenvalue weighted by atomic mass is 79.9. The minimum Gasteiger partial charge on any atom is -0.454 e. The molecule has 3 rings (SSSR count). The highest BCUT2D eigenvalue weighted by Crippen LogP contribution is 2.32. The van der Waals surface area contributed by atoms with Gasteiger partial charge in [0.1, 0.15) is 0 Å². The number of nitrogens with two attached hydrogens (primary N) is 1. The van der Waals surface area contributed by atoms with Crippen molar-refractivity contribution < 1.29 is 23.8 Å². The number of hydrogen-bond donors (Lipinski definition) is 2. The molecule has 136 valence electrons. The van der Waals surface area contributed by atoms with E-state index in [1.807, 2.05) is 6.07 Å². The second kappa shape index (κ2) is 7.65. The molecule has 0 bridgehead atoms. The average molecular weight is 421 g/mol. The monoisotopic (exact) mass is 420 g/mol. The van der Waals surface area contributed by atoms with Crippen LogP contribution in [0, 0.1) is 0 Å². The van der Waals surface area contributed by atoms with Crippen LogP contribution in [-0.2, 0) is 16.1 Å². The lowest BCUT2D eigenvalue weighted by Gasteiger charge is -2.14. The predicted molar refractivity (Wildman–Crippen MR) is 97.8 cm³/mol. The largest absolute Gasteiger partial charge is 0.454 e. The van der Waals surface area contributed by atoms with Crippen LogP contribution in [0.15, 0.2) is 40.9 Å². The van der Waals surface area contributed by atoms with Crippen molar-refractivity contribution in [2.24, 2.45) is 0 Å². The lowest BCUT2D eigenvalue weighted by atomic mass is 10.2. The minimum absolute atomic E-state index is 0.191. The van der Waals surface area contributed by atoms with Gasteiger partial charge in [-0.15, -0.1) is 0 Å². The fourth-order valence-corrected chi connectivity index (χ4v) is 2.73. The molecule has 8 heteroatoms. The first-order valence-corrected chi connectivity index (χ1v) is 8.65. The van der Waals surface area contributed by atoms with Gasteiger partial charge >= 0.3 is 5.97 Å². The number of fused-ring (bicyclic) bond motifs is 1. The van der Waals surface area contributed by atoms with Gasteiger partial charge in [-0.1, -0.05) is 22.0 Å². The molecule has 0 saturated heterocycles. The molecule has 7 nitrogen and oxygen atoms in total. The Morgan fingerprint density at radius 3 is 2.81 bits per heavy atom. The number of ether oxygens (including phenoxy) is 3. The summed E-state index contributed by atoms with van der Waals surface area (Å²) in [5, 5.41) is 2.72. The van der Waals surface area contributed by atoms with E-state index in [1.54, 1.807) is 30.3 Å². The molecule has 1 heterocycles. The quantitative estimate of drug-likeness (QED) is 0.569. The van der Waals surface area contributed by atoms with Crippen LogP contribution >= 0.6 is 15.9 Å². The second-order valence-electron chi connectivity index (χ2n) is 5.68. The third kappa shape index (κ3) is 4.08. The van der Waals surface area contributed by atoms with Crippen LogP contribution < -0.4 is 20.5 Å². The zero-order valence-electron chi connectivity index (χ0n) is 14.0. The zero-order chi connectivity index (χ0) is 18.7. The van der Waals surface area contributed by atoms with Crippen molar-refractivity contribution in [1.29, 1.82) is 0 Å². The Morgan fingerprint density at radius 2 is 2.00 bits per heavy atom. The number of halogens is 1. The molecule has 26 heavy (non-hydrogen) atoms. The molecule has 0 saturated carbocycles. The third-order valence-corrected chi connectivity index (χ3v) is 4.29. The second-order valence-corrected chi connectivity index (χ2v) is 6.60. The number of esters is 1. The molecule has 3 N–H and O–H groups in total. The van der Waals surface area contributed by atoms with E-state index in [-0.39, 0.29) is 24.6 Å². The Labute approximate surface area is 158 Å². The zero-order valence-corrected chi connectivity index (χ0v) is 15.5. The number of hydrogen-bond acceptors (Lipinski definition) is 6. The minimum atomic E-state index is -0.963. The van der Waals surface area contributed by atoms with Crippen molar-refractivity contribution >= 4 is 33.5 Å². The normalized spacial score (nSPS) is 13.2. The number of nitrogens with one attached hydrogen (secondary N) is 1. The summed E-state index contributed by atoms with van der Waals surface area (Å²) in [5.41, 5.74) is 7.11. The first-order valence-electron chi connectivity index (χ1n) is 7.86. The van der Waals surface area contributed by atoms with Crippen LogP contribution in [0.4, 0.5) is 5.69 Å². The van der Waals surface area contributed by atoms with Crippen LogP contribution in [0.5, 0.6) is 11.5 Å². The van der Waals surface area contributed by atoms with E-state index < -0.39 is 18.0 Å². The molecule has 0 radical (unpaired) electrons. The number of carbonyl (C=O) groups excluding carboxylic acids is 2. The summed E-state index contributed by atoms with van der Waals surface area (Å²) in [6.45, 7) is 1.97. The number of anilines is 1. The Morgan fingerprint density at radius 1 is 1.23 bits per heavy atom. The van der Waals surface area contributed by atoms with Gasteiger partial charge in [0.05, 0.1) is 5.56 Å². The van der Waals surface area contributed by atoms with E-state index in [9.17, 15) is 9.59 Å². The molecular formula is C18H17BrN2O5. The molecule has 0 aromatic heterocycles. The van der Waals surface area contributed by atoms with Gasteiger partial charge in [0.25, 0.3) is 5.91 Å². The maximum absolute atomic E-state index is 12.2. The van der Waals surface area contributed by atoms with Crippen molar-refractivity contribution in [1.82, 2.24) is 5.32 Å². The van der Waals surface area contributed by atoms with Gasteiger partial charge in [0, 0.05) is 16.7 Å². The highest BCUT2D eigenvalue weighted by molar-refractivity contribution is 9.10. The van der Waals surface area contributed by atoms with Crippen molar-refractivity contribution in [2.75, 3.05) is 12.5 Å². The van der Waals surface area contributed by atoms with Crippen molar-refractivity contribution in [3.8, 4) is 11.5 Å². The molecule has 1 atom stereocenters. The molecule has 1 unspecified atom stereocenters. The summed E-state index contributed by atoms with van der Waals surface area (Å²) in [6.07, 6.45) is -0.963. The number of rotatable bonds is 5. The fraction of sp³-hybridized carbons (Fsp3) is 0.222. The molecule has 2 aromatic carbocycles. The van der Waals surface area contributed by atoms with Crippen LogP contribution in [-0.4, -0.2) is 24.8 Å². The summed E-state index contributed by atoms with van der Waals surface area (Å²) in [6, 6.07) is 10.3. The Kier molecular flexibility index (Phi) is 5.32. The number of amides is 1.